The van der Waals surface area contributed by atoms with E-state index in [0.717, 1.165) is 9.35 Å². The Morgan fingerprint density at radius 3 is 2.57 bits per heavy atom. The van der Waals surface area contributed by atoms with Crippen molar-refractivity contribution in [3.05, 3.63) is 56.7 Å². The molecule has 7 heteroatoms. The van der Waals surface area contributed by atoms with Crippen LogP contribution in [0.25, 0.3) is 0 Å². The summed E-state index contributed by atoms with van der Waals surface area (Å²) in [6.45, 7) is 0.451. The molecule has 4 nitrogen and oxygen atoms in total. The highest BCUT2D eigenvalue weighted by molar-refractivity contribution is 9.10. The van der Waals surface area contributed by atoms with Gasteiger partial charge in [0.15, 0.2) is 9.84 Å². The first-order valence-electron chi connectivity index (χ1n) is 7.24. The number of carbonyl (C=O) groups is 1. The minimum atomic E-state index is -3.04. The van der Waals surface area contributed by atoms with Gasteiger partial charge < -0.3 is 4.90 Å². The van der Waals surface area contributed by atoms with Crippen molar-refractivity contribution in [3.8, 4) is 0 Å². The van der Waals surface area contributed by atoms with Crippen molar-refractivity contribution in [2.45, 2.75) is 19.0 Å². The van der Waals surface area contributed by atoms with Crippen LogP contribution in [0.5, 0.6) is 0 Å². The third-order valence-corrected chi connectivity index (χ3v) is 7.05. The fraction of sp³-hybridized carbons (Fsp3) is 0.312. The number of nitrogens with zero attached hydrogens (tertiary/aromatic N) is 1. The lowest BCUT2D eigenvalue weighted by Crippen LogP contribution is -2.40. The number of rotatable bonds is 4. The van der Waals surface area contributed by atoms with E-state index >= 15 is 0 Å². The number of hydrogen-bond acceptors (Lipinski definition) is 4. The molecule has 2 aromatic rings. The molecule has 122 valence electrons. The average Bonchev–Trinajstić information content (AvgIpc) is 3.14. The van der Waals surface area contributed by atoms with Gasteiger partial charge in [0.2, 0.25) is 0 Å². The molecule has 0 aliphatic carbocycles. The van der Waals surface area contributed by atoms with E-state index < -0.39 is 9.84 Å². The summed E-state index contributed by atoms with van der Waals surface area (Å²) in [5, 5.41) is 1.96. The Morgan fingerprint density at radius 2 is 2.00 bits per heavy atom. The Labute approximate surface area is 148 Å². The van der Waals surface area contributed by atoms with Crippen LogP contribution in [0.4, 0.5) is 0 Å². The van der Waals surface area contributed by atoms with E-state index in [1.807, 2.05) is 29.6 Å². The van der Waals surface area contributed by atoms with Gasteiger partial charge in [0.25, 0.3) is 5.91 Å². The highest BCUT2D eigenvalue weighted by atomic mass is 79.9. The van der Waals surface area contributed by atoms with Crippen LogP contribution in [0, 0.1) is 0 Å². The van der Waals surface area contributed by atoms with Gasteiger partial charge in [0, 0.05) is 21.0 Å². The standard InChI is InChI=1S/C16H16BrNO3S2/c17-13-5-3-12(4-6-13)16(19)18(10-15-2-1-8-22-15)14-7-9-23(20,21)11-14/h1-6,8,14H,7,9-11H2/t14-/m0/s1. The topological polar surface area (TPSA) is 54.5 Å². The van der Waals surface area contributed by atoms with Crippen LogP contribution >= 0.6 is 27.3 Å². The number of hydrogen-bond donors (Lipinski definition) is 0. The van der Waals surface area contributed by atoms with Gasteiger partial charge >= 0.3 is 0 Å². The SMILES string of the molecule is O=C(c1ccc(Br)cc1)N(Cc1cccs1)[C@H]1CCS(=O)(=O)C1. The van der Waals surface area contributed by atoms with Gasteiger partial charge in [-0.1, -0.05) is 22.0 Å². The Balaban J connectivity index is 1.88. The second-order valence-corrected chi connectivity index (χ2v) is 9.75. The van der Waals surface area contributed by atoms with Crippen LogP contribution in [0.1, 0.15) is 21.7 Å². The predicted octanol–water partition coefficient (Wildman–Crippen LogP) is 3.34. The molecule has 0 N–H and O–H groups in total. The second-order valence-electron chi connectivity index (χ2n) is 5.58. The molecular formula is C16H16BrNO3S2. The van der Waals surface area contributed by atoms with Gasteiger partial charge in [-0.05, 0) is 42.1 Å². The fourth-order valence-corrected chi connectivity index (χ4v) is 5.41. The maximum atomic E-state index is 12.9. The third-order valence-electron chi connectivity index (χ3n) is 3.91. The zero-order valence-electron chi connectivity index (χ0n) is 12.3. The van der Waals surface area contributed by atoms with Gasteiger partial charge in [0.05, 0.1) is 18.1 Å². The van der Waals surface area contributed by atoms with Crippen LogP contribution in [0.2, 0.25) is 0 Å². The Bertz CT molecular complexity index is 785. The van der Waals surface area contributed by atoms with Crippen molar-refractivity contribution in [1.29, 1.82) is 0 Å². The highest BCUT2D eigenvalue weighted by Gasteiger charge is 2.35. The highest BCUT2D eigenvalue weighted by Crippen LogP contribution is 2.24. The number of halogens is 1. The van der Waals surface area contributed by atoms with Crippen molar-refractivity contribution < 1.29 is 13.2 Å². The van der Waals surface area contributed by atoms with E-state index in [1.165, 1.54) is 0 Å². The van der Waals surface area contributed by atoms with Crippen molar-refractivity contribution in [2.75, 3.05) is 11.5 Å². The average molecular weight is 414 g/mol. The van der Waals surface area contributed by atoms with Crippen molar-refractivity contribution in [1.82, 2.24) is 4.90 Å². The van der Waals surface area contributed by atoms with Crippen LogP contribution < -0.4 is 0 Å². The zero-order valence-corrected chi connectivity index (χ0v) is 15.5. The molecule has 0 radical (unpaired) electrons. The number of carbonyl (C=O) groups excluding carboxylic acids is 1. The smallest absolute Gasteiger partial charge is 0.254 e. The van der Waals surface area contributed by atoms with Gasteiger partial charge in [0.1, 0.15) is 0 Å². The Kier molecular flexibility index (Phi) is 4.89. The summed E-state index contributed by atoms with van der Waals surface area (Å²) in [6.07, 6.45) is 0.510. The molecule has 0 unspecified atom stereocenters. The van der Waals surface area contributed by atoms with Crippen LogP contribution in [-0.2, 0) is 16.4 Å². The van der Waals surface area contributed by atoms with E-state index in [0.29, 0.717) is 18.5 Å². The molecule has 1 aromatic heterocycles. The van der Waals surface area contributed by atoms with Gasteiger partial charge in [-0.3, -0.25) is 4.79 Å². The van der Waals surface area contributed by atoms with Gasteiger partial charge in [-0.2, -0.15) is 0 Å². The summed E-state index contributed by atoms with van der Waals surface area (Å²) >= 11 is 4.93. The first-order chi connectivity index (χ1) is 10.9. The second kappa shape index (κ2) is 6.75. The molecule has 1 aliphatic rings. The maximum Gasteiger partial charge on any atom is 0.254 e. The summed E-state index contributed by atoms with van der Waals surface area (Å²) in [4.78, 5) is 15.7. The normalized spacial score (nSPS) is 19.6. The van der Waals surface area contributed by atoms with E-state index in [1.54, 1.807) is 28.4 Å². The molecule has 0 bridgehead atoms. The van der Waals surface area contributed by atoms with Crippen LogP contribution in [0.3, 0.4) is 0 Å². The molecule has 3 rings (SSSR count). The molecule has 0 spiro atoms. The van der Waals surface area contributed by atoms with Crippen molar-refractivity contribution in [2.24, 2.45) is 0 Å². The summed E-state index contributed by atoms with van der Waals surface area (Å²) in [7, 11) is -3.04. The molecule has 1 atom stereocenters. The lowest BCUT2D eigenvalue weighted by Gasteiger charge is -2.28. The van der Waals surface area contributed by atoms with Crippen molar-refractivity contribution in [3.63, 3.8) is 0 Å². The molecule has 1 fully saturated rings. The Hall–Kier alpha value is -1.18. The van der Waals surface area contributed by atoms with E-state index in [9.17, 15) is 13.2 Å². The first-order valence-corrected chi connectivity index (χ1v) is 10.7. The number of sulfone groups is 1. The minimum absolute atomic E-state index is 0.0562. The minimum Gasteiger partial charge on any atom is -0.329 e. The van der Waals surface area contributed by atoms with Crippen LogP contribution in [-0.4, -0.2) is 36.8 Å². The largest absolute Gasteiger partial charge is 0.329 e. The summed E-state index contributed by atoms with van der Waals surface area (Å²) in [5.74, 6) is 0.0976. The quantitative estimate of drug-likeness (QED) is 0.771. The lowest BCUT2D eigenvalue weighted by atomic mass is 10.1. The summed E-state index contributed by atoms with van der Waals surface area (Å²) in [6, 6.07) is 10.8. The molecule has 1 amide bonds. The van der Waals surface area contributed by atoms with Gasteiger partial charge in [-0.25, -0.2) is 8.42 Å². The zero-order chi connectivity index (χ0) is 16.4. The van der Waals surface area contributed by atoms with E-state index in [4.69, 9.17) is 0 Å². The maximum absolute atomic E-state index is 12.9. The van der Waals surface area contributed by atoms with E-state index in [-0.39, 0.29) is 23.5 Å². The molecule has 23 heavy (non-hydrogen) atoms. The molecule has 1 aromatic carbocycles. The molecule has 1 aliphatic heterocycles. The Morgan fingerprint density at radius 1 is 1.26 bits per heavy atom. The van der Waals surface area contributed by atoms with Crippen LogP contribution in [0.15, 0.2) is 46.3 Å². The first kappa shape index (κ1) is 16.7. The van der Waals surface area contributed by atoms with Crippen molar-refractivity contribution >= 4 is 43.0 Å². The molecule has 2 heterocycles. The molecular weight excluding hydrogens is 398 g/mol. The monoisotopic (exact) mass is 413 g/mol. The number of amides is 1. The fourth-order valence-electron chi connectivity index (χ4n) is 2.72. The number of benzene rings is 1. The predicted molar refractivity (Wildman–Crippen MR) is 95.4 cm³/mol. The third kappa shape index (κ3) is 4.02. The number of thiophene rings is 1. The molecule has 1 saturated heterocycles. The summed E-state index contributed by atoms with van der Waals surface area (Å²) in [5.41, 5.74) is 0.578. The van der Waals surface area contributed by atoms with Gasteiger partial charge in [-0.15, -0.1) is 11.3 Å². The van der Waals surface area contributed by atoms with E-state index in [2.05, 4.69) is 15.9 Å². The molecule has 0 saturated carbocycles. The lowest BCUT2D eigenvalue weighted by molar-refractivity contribution is 0.0683. The summed E-state index contributed by atoms with van der Waals surface area (Å²) < 4.78 is 24.5.